The van der Waals surface area contributed by atoms with Gasteiger partial charge >= 0.3 is 24.3 Å². The molecule has 3 heterocycles. The molecule has 0 radical (unpaired) electrons. The Hall–Kier alpha value is -4.30. The summed E-state index contributed by atoms with van der Waals surface area (Å²) in [6.07, 6.45) is -8.82. The molecule has 1 aliphatic rings. The van der Waals surface area contributed by atoms with Crippen LogP contribution in [0.5, 0.6) is 11.6 Å². The van der Waals surface area contributed by atoms with Crippen molar-refractivity contribution in [2.24, 2.45) is 7.05 Å². The first-order chi connectivity index (χ1) is 20.2. The molecule has 4 rings (SSSR count). The molecule has 43 heavy (non-hydrogen) atoms. The maximum Gasteiger partial charge on any atom is 0.491 e. The van der Waals surface area contributed by atoms with Crippen LogP contribution in [0.25, 0.3) is 0 Å². The molecule has 3 aromatic rings. The molecule has 9 nitrogen and oxygen atoms in total. The van der Waals surface area contributed by atoms with Gasteiger partial charge in [-0.25, -0.2) is 14.5 Å². The van der Waals surface area contributed by atoms with E-state index in [1.54, 1.807) is 7.05 Å². The fraction of sp³-hybridized carbons (Fsp3) is 0.429. The molecular formula is C28H28F6N4O5. The van der Waals surface area contributed by atoms with Crippen LogP contribution < -0.4 is 14.8 Å². The van der Waals surface area contributed by atoms with Gasteiger partial charge in [0, 0.05) is 37.7 Å². The number of hydrogen-bond acceptors (Lipinski definition) is 8. The summed E-state index contributed by atoms with van der Waals surface area (Å²) < 4.78 is 94.7. The zero-order valence-electron chi connectivity index (χ0n) is 23.1. The number of alkyl halides is 6. The molecular weight excluding hydrogens is 586 g/mol. The summed E-state index contributed by atoms with van der Waals surface area (Å²) in [4.78, 5) is 28.1. The van der Waals surface area contributed by atoms with Crippen LogP contribution in [0.3, 0.4) is 0 Å². The standard InChI is InChI=1S/C28H28F6N4O5/c1-38-23(42-11-9-19-7-5-16-4-3-10-35-25(16)36-19)15-20(37-38)12-17(13-24(39)43-26(40)28(32,33)34)21-14-18(27(29,30)31)6-8-22(21)41-2/h5-8,14-15,17H,3-4,9-13H2,1-2H3,(H,35,36). The number of fused-ring (bicyclic) bond motifs is 1. The van der Waals surface area contributed by atoms with Gasteiger partial charge in [0.2, 0.25) is 5.88 Å². The number of nitrogens with one attached hydrogen (secondary N) is 1. The third-order valence-electron chi connectivity index (χ3n) is 6.75. The minimum Gasteiger partial charge on any atom is -0.496 e. The monoisotopic (exact) mass is 614 g/mol. The molecule has 0 amide bonds. The molecule has 0 saturated carbocycles. The third-order valence-corrected chi connectivity index (χ3v) is 6.75. The van der Waals surface area contributed by atoms with Gasteiger partial charge in [-0.15, -0.1) is 0 Å². The predicted octanol–water partition coefficient (Wildman–Crippen LogP) is 5.17. The lowest BCUT2D eigenvalue weighted by Gasteiger charge is -2.20. The fourth-order valence-corrected chi connectivity index (χ4v) is 4.69. The number of halogens is 6. The van der Waals surface area contributed by atoms with Crippen molar-refractivity contribution in [3.8, 4) is 11.6 Å². The van der Waals surface area contributed by atoms with Crippen LogP contribution in [0, 0.1) is 0 Å². The number of carbonyl (C=O) groups excluding carboxylic acids is 2. The number of anilines is 1. The first-order valence-electron chi connectivity index (χ1n) is 13.2. The van der Waals surface area contributed by atoms with E-state index in [0.29, 0.717) is 12.3 Å². The van der Waals surface area contributed by atoms with Crippen molar-refractivity contribution < 1.29 is 50.1 Å². The number of hydrogen-bond donors (Lipinski definition) is 1. The maximum absolute atomic E-state index is 13.5. The van der Waals surface area contributed by atoms with Crippen molar-refractivity contribution in [1.29, 1.82) is 0 Å². The van der Waals surface area contributed by atoms with E-state index in [1.165, 1.54) is 17.9 Å². The lowest BCUT2D eigenvalue weighted by molar-refractivity contribution is -0.202. The minimum atomic E-state index is -5.43. The van der Waals surface area contributed by atoms with Crippen LogP contribution in [0.1, 0.15) is 46.8 Å². The number of aromatic nitrogens is 3. The average molecular weight is 615 g/mol. The van der Waals surface area contributed by atoms with Gasteiger partial charge in [-0.2, -0.15) is 31.4 Å². The van der Waals surface area contributed by atoms with E-state index in [0.717, 1.165) is 54.7 Å². The van der Waals surface area contributed by atoms with Crippen LogP contribution in [0.4, 0.5) is 32.2 Å². The van der Waals surface area contributed by atoms with Crippen LogP contribution in [-0.2, 0) is 46.8 Å². The van der Waals surface area contributed by atoms with Gasteiger partial charge in [-0.3, -0.25) is 4.79 Å². The summed E-state index contributed by atoms with van der Waals surface area (Å²) in [7, 11) is 2.75. The molecule has 0 saturated heterocycles. The molecule has 2 aromatic heterocycles. The Morgan fingerprint density at radius 1 is 1.07 bits per heavy atom. The highest BCUT2D eigenvalue weighted by Crippen LogP contribution is 2.38. The Kier molecular flexibility index (Phi) is 9.50. The molecule has 0 aliphatic carbocycles. The number of rotatable bonds is 10. The van der Waals surface area contributed by atoms with Gasteiger partial charge in [-0.1, -0.05) is 6.07 Å². The second-order valence-electron chi connectivity index (χ2n) is 9.86. The Bertz CT molecular complexity index is 1470. The maximum atomic E-state index is 13.5. The van der Waals surface area contributed by atoms with Gasteiger partial charge < -0.3 is 19.5 Å². The lowest BCUT2D eigenvalue weighted by atomic mass is 9.89. The highest BCUT2D eigenvalue weighted by Gasteiger charge is 2.43. The van der Waals surface area contributed by atoms with Crippen LogP contribution in [0.2, 0.25) is 0 Å². The number of aryl methyl sites for hydroxylation is 2. The number of benzene rings is 1. The van der Waals surface area contributed by atoms with Gasteiger partial charge in [0.1, 0.15) is 11.6 Å². The highest BCUT2D eigenvalue weighted by molar-refractivity contribution is 5.88. The molecule has 1 unspecified atom stereocenters. The van der Waals surface area contributed by atoms with Gasteiger partial charge in [0.15, 0.2) is 0 Å². The number of ether oxygens (including phenoxy) is 3. The third kappa shape index (κ3) is 8.17. The Morgan fingerprint density at radius 2 is 1.84 bits per heavy atom. The quantitative estimate of drug-likeness (QED) is 0.190. The molecule has 0 bridgehead atoms. The normalized spacial score (nSPS) is 14.0. The Labute approximate surface area is 242 Å². The summed E-state index contributed by atoms with van der Waals surface area (Å²) >= 11 is 0. The minimum absolute atomic E-state index is 0.0487. The van der Waals surface area contributed by atoms with E-state index >= 15 is 0 Å². The van der Waals surface area contributed by atoms with E-state index < -0.39 is 42.2 Å². The van der Waals surface area contributed by atoms with Crippen LogP contribution in [0.15, 0.2) is 36.4 Å². The van der Waals surface area contributed by atoms with Crippen molar-refractivity contribution in [3.05, 3.63) is 64.5 Å². The summed E-state index contributed by atoms with van der Waals surface area (Å²) in [5.74, 6) is -4.42. The number of nitrogens with zero attached hydrogens (tertiary/aromatic N) is 3. The van der Waals surface area contributed by atoms with Gasteiger partial charge in [0.25, 0.3) is 0 Å². The van der Waals surface area contributed by atoms with Gasteiger partial charge in [0.05, 0.1) is 31.4 Å². The SMILES string of the molecule is COc1ccc(C(F)(F)F)cc1C(CC(=O)OC(=O)C(F)(F)F)Cc1cc(OCCc2ccc3c(n2)NCCC3)n(C)n1. The summed E-state index contributed by atoms with van der Waals surface area (Å²) in [5, 5.41) is 7.56. The Morgan fingerprint density at radius 3 is 2.53 bits per heavy atom. The largest absolute Gasteiger partial charge is 0.496 e. The molecule has 1 aliphatic heterocycles. The number of pyridine rings is 1. The van der Waals surface area contributed by atoms with Gasteiger partial charge in [-0.05, 0) is 54.7 Å². The predicted molar refractivity (Wildman–Crippen MR) is 140 cm³/mol. The van der Waals surface area contributed by atoms with E-state index in [1.807, 2.05) is 12.1 Å². The fourth-order valence-electron chi connectivity index (χ4n) is 4.69. The molecule has 1 aromatic carbocycles. The van der Waals surface area contributed by atoms with Crippen molar-refractivity contribution in [1.82, 2.24) is 14.8 Å². The first-order valence-corrected chi connectivity index (χ1v) is 13.2. The highest BCUT2D eigenvalue weighted by atomic mass is 19.4. The lowest BCUT2D eigenvalue weighted by Crippen LogP contribution is -2.28. The van der Waals surface area contributed by atoms with E-state index in [9.17, 15) is 35.9 Å². The van der Waals surface area contributed by atoms with E-state index in [4.69, 9.17) is 9.47 Å². The summed E-state index contributed by atoms with van der Waals surface area (Å²) in [6.45, 7) is 1.07. The smallest absolute Gasteiger partial charge is 0.491 e. The second-order valence-corrected chi connectivity index (χ2v) is 9.86. The van der Waals surface area contributed by atoms with Crippen molar-refractivity contribution >= 4 is 17.8 Å². The zero-order chi connectivity index (χ0) is 31.4. The van der Waals surface area contributed by atoms with Crippen molar-refractivity contribution in [2.75, 3.05) is 25.6 Å². The molecule has 0 fully saturated rings. The molecule has 0 spiro atoms. The second kappa shape index (κ2) is 12.9. The van der Waals surface area contributed by atoms with Crippen LogP contribution in [-0.4, -0.2) is 53.1 Å². The van der Waals surface area contributed by atoms with E-state index in [-0.39, 0.29) is 30.0 Å². The molecule has 1 N–H and O–H groups in total. The first kappa shape index (κ1) is 31.6. The average Bonchev–Trinajstić information content (AvgIpc) is 3.29. The molecule has 15 heteroatoms. The van der Waals surface area contributed by atoms with Crippen molar-refractivity contribution in [2.45, 2.75) is 50.4 Å². The summed E-state index contributed by atoms with van der Waals surface area (Å²) in [6, 6.07) is 7.98. The van der Waals surface area contributed by atoms with Crippen molar-refractivity contribution in [3.63, 3.8) is 0 Å². The number of carbonyl (C=O) groups is 2. The topological polar surface area (TPSA) is 105 Å². The Balaban J connectivity index is 1.52. The zero-order valence-corrected chi connectivity index (χ0v) is 23.1. The number of methoxy groups -OCH3 is 1. The van der Waals surface area contributed by atoms with E-state index in [2.05, 4.69) is 20.1 Å². The number of esters is 2. The summed E-state index contributed by atoms with van der Waals surface area (Å²) in [5.41, 5.74) is 1.01. The molecule has 232 valence electrons. The van der Waals surface area contributed by atoms with Crippen LogP contribution >= 0.6 is 0 Å². The molecule has 1 atom stereocenters.